The van der Waals surface area contributed by atoms with Crippen LogP contribution in [-0.4, -0.2) is 24.5 Å². The Hall–Kier alpha value is -1.95. The summed E-state index contributed by atoms with van der Waals surface area (Å²) in [7, 11) is 0. The Morgan fingerprint density at radius 2 is 1.94 bits per heavy atom. The van der Waals surface area contributed by atoms with Gasteiger partial charge in [0.1, 0.15) is 0 Å². The van der Waals surface area contributed by atoms with Crippen molar-refractivity contribution in [2.24, 2.45) is 0 Å². The fourth-order valence-electron chi connectivity index (χ4n) is 2.10. The molecule has 0 aliphatic heterocycles. The van der Waals surface area contributed by atoms with Crippen molar-refractivity contribution < 1.29 is 0 Å². The highest BCUT2D eigenvalue weighted by Gasteiger charge is 2.09. The average molecular weight is 259 g/mol. The van der Waals surface area contributed by atoms with Gasteiger partial charge in [-0.15, -0.1) is 0 Å². The first-order valence-corrected chi connectivity index (χ1v) is 6.18. The number of hydrogen-bond donors (Lipinski definition) is 1. The Morgan fingerprint density at radius 3 is 2.61 bits per heavy atom. The summed E-state index contributed by atoms with van der Waals surface area (Å²) in [5.74, 6) is 0. The summed E-state index contributed by atoms with van der Waals surface area (Å²) in [6.45, 7) is 4.23. The zero-order chi connectivity index (χ0) is 12.7. The van der Waals surface area contributed by atoms with Crippen molar-refractivity contribution in [2.75, 3.05) is 0 Å². The number of imidazole rings is 1. The van der Waals surface area contributed by atoms with Crippen LogP contribution in [0, 0.1) is 4.77 Å². The number of aromatic nitrogens is 5. The Kier molecular flexibility index (Phi) is 2.52. The zero-order valence-corrected chi connectivity index (χ0v) is 11.0. The molecule has 18 heavy (non-hydrogen) atoms. The van der Waals surface area contributed by atoms with Crippen LogP contribution in [0.5, 0.6) is 0 Å². The number of rotatable bonds is 2. The lowest BCUT2D eigenvalue weighted by atomic mass is 10.2. The number of nitrogens with one attached hydrogen (secondary N) is 1. The van der Waals surface area contributed by atoms with Crippen molar-refractivity contribution in [2.45, 2.75) is 19.9 Å². The van der Waals surface area contributed by atoms with E-state index < -0.39 is 0 Å². The summed E-state index contributed by atoms with van der Waals surface area (Å²) in [5.41, 5.74) is 3.03. The van der Waals surface area contributed by atoms with E-state index in [0.29, 0.717) is 6.04 Å². The van der Waals surface area contributed by atoms with E-state index in [0.717, 1.165) is 21.5 Å². The first-order valence-electron chi connectivity index (χ1n) is 5.78. The summed E-state index contributed by atoms with van der Waals surface area (Å²) in [6.07, 6.45) is 3.33. The van der Waals surface area contributed by atoms with Gasteiger partial charge in [0.25, 0.3) is 0 Å². The third kappa shape index (κ3) is 1.65. The molecular weight excluding hydrogens is 246 g/mol. The van der Waals surface area contributed by atoms with Crippen LogP contribution >= 0.6 is 12.2 Å². The van der Waals surface area contributed by atoms with Crippen LogP contribution in [0.15, 0.2) is 30.6 Å². The second kappa shape index (κ2) is 4.06. The smallest absolute Gasteiger partial charge is 0.178 e. The van der Waals surface area contributed by atoms with Gasteiger partial charge in [0.2, 0.25) is 0 Å². The third-order valence-electron chi connectivity index (χ3n) is 2.87. The van der Waals surface area contributed by atoms with Crippen molar-refractivity contribution in [1.29, 1.82) is 0 Å². The number of H-pyrrole nitrogens is 1. The van der Waals surface area contributed by atoms with Gasteiger partial charge in [-0.25, -0.2) is 0 Å². The molecule has 92 valence electrons. The maximum Gasteiger partial charge on any atom is 0.178 e. The van der Waals surface area contributed by atoms with Crippen LogP contribution in [0.2, 0.25) is 0 Å². The lowest BCUT2D eigenvalue weighted by Gasteiger charge is -2.08. The Balaban J connectivity index is 2.28. The number of hydrogen-bond acceptors (Lipinski definition) is 3. The largest absolute Gasteiger partial charge is 0.331 e. The van der Waals surface area contributed by atoms with Crippen LogP contribution in [0.25, 0.3) is 16.7 Å². The fraction of sp³-hybridized carbons (Fsp3) is 0.250. The van der Waals surface area contributed by atoms with Gasteiger partial charge in [-0.2, -0.15) is 15.0 Å². The van der Waals surface area contributed by atoms with Crippen molar-refractivity contribution in [1.82, 2.24) is 24.5 Å². The molecule has 2 aromatic heterocycles. The quantitative estimate of drug-likeness (QED) is 0.720. The zero-order valence-electron chi connectivity index (χ0n) is 10.2. The monoisotopic (exact) mass is 259 g/mol. The first kappa shape index (κ1) is 11.2. The molecule has 1 aromatic carbocycles. The van der Waals surface area contributed by atoms with Crippen molar-refractivity contribution >= 4 is 23.3 Å². The van der Waals surface area contributed by atoms with Crippen LogP contribution < -0.4 is 0 Å². The maximum atomic E-state index is 5.34. The summed E-state index contributed by atoms with van der Waals surface area (Å²) >= 11 is 5.34. The third-order valence-corrected chi connectivity index (χ3v) is 3.17. The molecule has 0 spiro atoms. The molecule has 0 unspecified atom stereocenters. The Bertz CT molecular complexity index is 736. The fourth-order valence-corrected chi connectivity index (χ4v) is 2.52. The lowest BCUT2D eigenvalue weighted by Crippen LogP contribution is -2.02. The highest BCUT2D eigenvalue weighted by molar-refractivity contribution is 7.71. The highest BCUT2D eigenvalue weighted by atomic mass is 32.1. The summed E-state index contributed by atoms with van der Waals surface area (Å²) in [6, 6.07) is 6.33. The predicted molar refractivity (Wildman–Crippen MR) is 72.4 cm³/mol. The molecular formula is C12H13N5S. The normalized spacial score (nSPS) is 11.5. The number of aromatic amines is 1. The molecule has 0 saturated heterocycles. The van der Waals surface area contributed by atoms with E-state index >= 15 is 0 Å². The van der Waals surface area contributed by atoms with Crippen molar-refractivity contribution in [3.63, 3.8) is 0 Å². The molecule has 0 aliphatic carbocycles. The second-order valence-electron chi connectivity index (χ2n) is 4.41. The van der Waals surface area contributed by atoms with Gasteiger partial charge < -0.3 is 9.55 Å². The standard InChI is InChI=1S/C12H13N5S/c1-8(2)16-11-7-9(17-13-5-6-14-17)3-4-10(11)15-12(16)18/h3-8H,1-2H3,(H,15,18). The average Bonchev–Trinajstić information content (AvgIpc) is 2.92. The molecule has 5 nitrogen and oxygen atoms in total. The summed E-state index contributed by atoms with van der Waals surface area (Å²) in [5, 5.41) is 8.27. The van der Waals surface area contributed by atoms with Crippen LogP contribution in [0.1, 0.15) is 19.9 Å². The number of fused-ring (bicyclic) bond motifs is 1. The van der Waals surface area contributed by atoms with E-state index in [1.165, 1.54) is 0 Å². The minimum Gasteiger partial charge on any atom is -0.331 e. The predicted octanol–water partition coefficient (Wildman–Crippen LogP) is 2.86. The topological polar surface area (TPSA) is 51.4 Å². The van der Waals surface area contributed by atoms with Gasteiger partial charge in [0.05, 0.1) is 29.1 Å². The van der Waals surface area contributed by atoms with Crippen LogP contribution in [-0.2, 0) is 0 Å². The van der Waals surface area contributed by atoms with Gasteiger partial charge in [0, 0.05) is 6.04 Å². The van der Waals surface area contributed by atoms with E-state index in [1.807, 2.05) is 18.2 Å². The molecule has 2 heterocycles. The SMILES string of the molecule is CC(C)n1c(=S)[nH]c2ccc(-n3nccn3)cc21. The van der Waals surface area contributed by atoms with Gasteiger partial charge in [-0.3, -0.25) is 0 Å². The molecule has 0 fully saturated rings. The van der Waals surface area contributed by atoms with Gasteiger partial charge in [0.15, 0.2) is 4.77 Å². The molecule has 0 amide bonds. The molecule has 6 heteroatoms. The summed E-state index contributed by atoms with van der Waals surface area (Å²) in [4.78, 5) is 4.81. The molecule has 0 atom stereocenters. The molecule has 3 aromatic rings. The minimum absolute atomic E-state index is 0.312. The summed E-state index contributed by atoms with van der Waals surface area (Å²) < 4.78 is 2.84. The van der Waals surface area contributed by atoms with E-state index in [9.17, 15) is 0 Å². The molecule has 3 rings (SSSR count). The first-order chi connectivity index (χ1) is 8.66. The lowest BCUT2D eigenvalue weighted by molar-refractivity contribution is 0.609. The van der Waals surface area contributed by atoms with Crippen LogP contribution in [0.3, 0.4) is 0 Å². The molecule has 0 saturated carbocycles. The van der Waals surface area contributed by atoms with E-state index in [4.69, 9.17) is 12.2 Å². The molecule has 0 radical (unpaired) electrons. The Labute approximate surface area is 109 Å². The van der Waals surface area contributed by atoms with E-state index in [-0.39, 0.29) is 0 Å². The van der Waals surface area contributed by atoms with Crippen molar-refractivity contribution in [3.05, 3.63) is 35.4 Å². The van der Waals surface area contributed by atoms with Gasteiger partial charge in [-0.05, 0) is 44.3 Å². The Morgan fingerprint density at radius 1 is 1.22 bits per heavy atom. The molecule has 0 bridgehead atoms. The minimum atomic E-state index is 0.312. The number of nitrogens with zero attached hydrogens (tertiary/aromatic N) is 4. The van der Waals surface area contributed by atoms with Crippen LogP contribution in [0.4, 0.5) is 0 Å². The molecule has 1 N–H and O–H groups in total. The second-order valence-corrected chi connectivity index (χ2v) is 4.80. The highest BCUT2D eigenvalue weighted by Crippen LogP contribution is 2.21. The van der Waals surface area contributed by atoms with E-state index in [1.54, 1.807) is 17.2 Å². The van der Waals surface area contributed by atoms with Gasteiger partial charge >= 0.3 is 0 Å². The molecule has 0 aliphatic rings. The van der Waals surface area contributed by atoms with Gasteiger partial charge in [-0.1, -0.05) is 0 Å². The van der Waals surface area contributed by atoms with Crippen molar-refractivity contribution in [3.8, 4) is 5.69 Å². The maximum absolute atomic E-state index is 5.34. The number of benzene rings is 1. The van der Waals surface area contributed by atoms with E-state index in [2.05, 4.69) is 33.6 Å².